The number of nitriles is 1. The largest absolute Gasteiger partial charge is 0.493 e. The molecule has 0 saturated carbocycles. The smallest absolute Gasteiger partial charge is 0.407 e. The number of nitrogens with one attached hydrogen (secondary N) is 1. The van der Waals surface area contributed by atoms with Crippen LogP contribution >= 0.6 is 0 Å². The lowest BCUT2D eigenvalue weighted by Gasteiger charge is -2.20. The Hall–Kier alpha value is -2.42. The molecule has 1 unspecified atom stereocenters. The number of hydrogen-bond acceptors (Lipinski definition) is 5. The van der Waals surface area contributed by atoms with Gasteiger partial charge in [-0.1, -0.05) is 13.0 Å². The quantitative estimate of drug-likeness (QED) is 0.869. The van der Waals surface area contributed by atoms with Gasteiger partial charge in [-0.15, -0.1) is 0 Å². The Kier molecular flexibility index (Phi) is 6.70. The molecule has 23 heavy (non-hydrogen) atoms. The molecule has 0 spiro atoms. The van der Waals surface area contributed by atoms with Gasteiger partial charge in [0.2, 0.25) is 0 Å². The van der Waals surface area contributed by atoms with Gasteiger partial charge in [0.05, 0.1) is 7.11 Å². The monoisotopic (exact) mass is 320 g/mol. The van der Waals surface area contributed by atoms with Gasteiger partial charge in [-0.3, -0.25) is 0 Å². The van der Waals surface area contributed by atoms with Crippen molar-refractivity contribution < 1.29 is 19.0 Å². The molecule has 0 aromatic heterocycles. The minimum atomic E-state index is -0.544. The first-order chi connectivity index (χ1) is 10.8. The summed E-state index contributed by atoms with van der Waals surface area (Å²) in [5.74, 6) is 1.02. The van der Waals surface area contributed by atoms with Gasteiger partial charge in [0.1, 0.15) is 11.7 Å². The molecule has 1 N–H and O–H groups in total. The molecule has 6 heteroatoms. The normalized spacial score (nSPS) is 12.0. The van der Waals surface area contributed by atoms with Crippen LogP contribution < -0.4 is 14.8 Å². The molecule has 1 aromatic rings. The summed E-state index contributed by atoms with van der Waals surface area (Å²) in [5, 5.41) is 11.7. The first-order valence-electron chi connectivity index (χ1n) is 7.49. The predicted molar refractivity (Wildman–Crippen MR) is 86.4 cm³/mol. The molecule has 1 aromatic carbocycles. The van der Waals surface area contributed by atoms with Crippen molar-refractivity contribution in [2.45, 2.75) is 52.4 Å². The zero-order valence-electron chi connectivity index (χ0n) is 14.3. The second-order valence-corrected chi connectivity index (χ2v) is 5.98. The molecular formula is C17H24N2O4. The molecule has 0 aliphatic rings. The highest BCUT2D eigenvalue weighted by atomic mass is 16.6. The van der Waals surface area contributed by atoms with Crippen molar-refractivity contribution in [2.75, 3.05) is 7.11 Å². The average Bonchev–Trinajstić information content (AvgIpc) is 2.49. The number of alkyl carbamates (subject to hydrolysis) is 1. The van der Waals surface area contributed by atoms with Crippen molar-refractivity contribution in [3.8, 4) is 17.6 Å². The Morgan fingerprint density at radius 2 is 2.04 bits per heavy atom. The van der Waals surface area contributed by atoms with E-state index in [-0.39, 0.29) is 0 Å². The molecule has 1 rings (SSSR count). The summed E-state index contributed by atoms with van der Waals surface area (Å²) < 4.78 is 16.1. The number of nitrogens with zero attached hydrogens (tertiary/aromatic N) is 1. The van der Waals surface area contributed by atoms with Gasteiger partial charge >= 0.3 is 6.09 Å². The lowest BCUT2D eigenvalue weighted by atomic mass is 10.2. The van der Waals surface area contributed by atoms with Crippen molar-refractivity contribution >= 4 is 6.09 Å². The fourth-order valence-electron chi connectivity index (χ4n) is 1.77. The molecule has 0 saturated heterocycles. The molecule has 1 atom stereocenters. The molecule has 0 aliphatic heterocycles. The third-order valence-electron chi connectivity index (χ3n) is 2.85. The van der Waals surface area contributed by atoms with Crippen molar-refractivity contribution in [3.05, 3.63) is 23.8 Å². The van der Waals surface area contributed by atoms with E-state index < -0.39 is 17.8 Å². The predicted octanol–water partition coefficient (Wildman–Crippen LogP) is 3.40. The van der Waals surface area contributed by atoms with Crippen LogP contribution in [0.25, 0.3) is 0 Å². The number of carbonyl (C=O) groups excluding carboxylic acids is 1. The first kappa shape index (κ1) is 18.6. The summed E-state index contributed by atoms with van der Waals surface area (Å²) >= 11 is 0. The molecule has 0 aliphatic carbocycles. The fourth-order valence-corrected chi connectivity index (χ4v) is 1.77. The number of benzene rings is 1. The van der Waals surface area contributed by atoms with Gasteiger partial charge in [0.25, 0.3) is 0 Å². The fraction of sp³-hybridized carbons (Fsp3) is 0.529. The summed E-state index contributed by atoms with van der Waals surface area (Å²) in [5.41, 5.74) is 0.277. The van der Waals surface area contributed by atoms with Crippen LogP contribution in [0.2, 0.25) is 0 Å². The van der Waals surface area contributed by atoms with E-state index in [2.05, 4.69) is 11.4 Å². The number of ether oxygens (including phenoxy) is 3. The lowest BCUT2D eigenvalue weighted by molar-refractivity contribution is 0.0523. The zero-order chi connectivity index (χ0) is 17.5. The van der Waals surface area contributed by atoms with Crippen LogP contribution in [0.5, 0.6) is 11.5 Å². The zero-order valence-corrected chi connectivity index (χ0v) is 14.3. The third-order valence-corrected chi connectivity index (χ3v) is 2.85. The molecule has 1 amide bonds. The molecule has 0 fully saturated rings. The van der Waals surface area contributed by atoms with Gasteiger partial charge in [-0.2, -0.15) is 5.26 Å². The number of methoxy groups -OCH3 is 1. The van der Waals surface area contributed by atoms with Crippen molar-refractivity contribution in [2.24, 2.45) is 0 Å². The Bertz CT molecular complexity index is 573. The summed E-state index contributed by atoms with van der Waals surface area (Å²) in [7, 11) is 1.54. The van der Waals surface area contributed by atoms with Crippen molar-refractivity contribution in [3.63, 3.8) is 0 Å². The van der Waals surface area contributed by atoms with Crippen LogP contribution in [0.4, 0.5) is 4.79 Å². The van der Waals surface area contributed by atoms with E-state index in [1.165, 1.54) is 7.11 Å². The lowest BCUT2D eigenvalue weighted by Crippen LogP contribution is -2.32. The van der Waals surface area contributed by atoms with Crippen LogP contribution in [0.3, 0.4) is 0 Å². The van der Waals surface area contributed by atoms with E-state index in [1.54, 1.807) is 32.9 Å². The second-order valence-electron chi connectivity index (χ2n) is 5.98. The van der Waals surface area contributed by atoms with E-state index in [1.807, 2.05) is 13.0 Å². The van der Waals surface area contributed by atoms with Gasteiger partial charge in [0, 0.05) is 6.54 Å². The van der Waals surface area contributed by atoms with Gasteiger partial charge in [-0.25, -0.2) is 4.79 Å². The molecule has 0 radical (unpaired) electrons. The summed E-state index contributed by atoms with van der Waals surface area (Å²) in [6, 6.07) is 7.38. The Morgan fingerprint density at radius 1 is 1.35 bits per heavy atom. The molecule has 0 bridgehead atoms. The van der Waals surface area contributed by atoms with E-state index in [0.29, 0.717) is 24.5 Å². The van der Waals surface area contributed by atoms with E-state index in [9.17, 15) is 4.79 Å². The Morgan fingerprint density at radius 3 is 2.57 bits per heavy atom. The SMILES string of the molecule is CCC(C#N)Oc1cc(CNC(=O)OC(C)(C)C)ccc1OC. The Balaban J connectivity index is 2.77. The van der Waals surface area contributed by atoms with E-state index in [0.717, 1.165) is 5.56 Å². The topological polar surface area (TPSA) is 80.6 Å². The average molecular weight is 320 g/mol. The maximum Gasteiger partial charge on any atom is 0.407 e. The molecular weight excluding hydrogens is 296 g/mol. The first-order valence-corrected chi connectivity index (χ1v) is 7.49. The van der Waals surface area contributed by atoms with E-state index in [4.69, 9.17) is 19.5 Å². The number of hydrogen-bond donors (Lipinski definition) is 1. The summed E-state index contributed by atoms with van der Waals surface area (Å²) in [6.07, 6.45) is -0.461. The minimum Gasteiger partial charge on any atom is -0.493 e. The highest BCUT2D eigenvalue weighted by molar-refractivity contribution is 5.67. The van der Waals surface area contributed by atoms with Crippen LogP contribution in [0.1, 0.15) is 39.7 Å². The van der Waals surface area contributed by atoms with Crippen LogP contribution in [-0.4, -0.2) is 24.9 Å². The maximum atomic E-state index is 11.7. The third kappa shape index (κ3) is 6.47. The van der Waals surface area contributed by atoms with Crippen molar-refractivity contribution in [1.29, 1.82) is 5.26 Å². The van der Waals surface area contributed by atoms with Gasteiger partial charge < -0.3 is 19.5 Å². The van der Waals surface area contributed by atoms with Gasteiger partial charge in [-0.05, 0) is 44.9 Å². The number of rotatable bonds is 6. The Labute approximate surface area is 137 Å². The standard InChI is InChI=1S/C17H24N2O4/c1-6-13(10-18)22-15-9-12(7-8-14(15)21-5)11-19-16(20)23-17(2,3)4/h7-9,13H,6,11H2,1-5H3,(H,19,20). The van der Waals surface area contributed by atoms with Crippen molar-refractivity contribution in [1.82, 2.24) is 5.32 Å². The highest BCUT2D eigenvalue weighted by Crippen LogP contribution is 2.29. The highest BCUT2D eigenvalue weighted by Gasteiger charge is 2.16. The van der Waals surface area contributed by atoms with Crippen LogP contribution in [-0.2, 0) is 11.3 Å². The second kappa shape index (κ2) is 8.28. The number of carbonyl (C=O) groups is 1. The summed E-state index contributed by atoms with van der Waals surface area (Å²) in [6.45, 7) is 7.57. The van der Waals surface area contributed by atoms with Crippen LogP contribution in [0, 0.1) is 11.3 Å². The molecule has 0 heterocycles. The molecule has 6 nitrogen and oxygen atoms in total. The number of amides is 1. The minimum absolute atomic E-state index is 0.290. The summed E-state index contributed by atoms with van der Waals surface area (Å²) in [4.78, 5) is 11.7. The van der Waals surface area contributed by atoms with E-state index >= 15 is 0 Å². The maximum absolute atomic E-state index is 11.7. The molecule has 126 valence electrons. The van der Waals surface area contributed by atoms with Crippen LogP contribution in [0.15, 0.2) is 18.2 Å². The van der Waals surface area contributed by atoms with Gasteiger partial charge in [0.15, 0.2) is 17.6 Å².